The number of piperazine rings is 2. The van der Waals surface area contributed by atoms with E-state index in [9.17, 15) is 9.59 Å². The molecule has 5 rings (SSSR count). The van der Waals surface area contributed by atoms with Crippen LogP contribution in [0.25, 0.3) is 11.0 Å². The van der Waals surface area contributed by atoms with Gasteiger partial charge in [-0.05, 0) is 17.7 Å². The minimum absolute atomic E-state index is 0.109. The molecule has 11 nitrogen and oxygen atoms in total. The lowest BCUT2D eigenvalue weighted by molar-refractivity contribution is -0.135. The van der Waals surface area contributed by atoms with Crippen LogP contribution in [-0.4, -0.2) is 112 Å². The van der Waals surface area contributed by atoms with E-state index in [0.717, 1.165) is 41.3 Å². The number of ether oxygens (including phenoxy) is 1. The molecule has 0 unspecified atom stereocenters. The number of carbonyl (C=O) groups excluding carboxylic acids is 2. The van der Waals surface area contributed by atoms with Crippen LogP contribution in [0.15, 0.2) is 36.8 Å². The number of hydrogen-bond donors (Lipinski definition) is 0. The minimum atomic E-state index is 0.109. The van der Waals surface area contributed by atoms with Crippen molar-refractivity contribution in [3.63, 3.8) is 0 Å². The van der Waals surface area contributed by atoms with Crippen LogP contribution in [0, 0.1) is 0 Å². The lowest BCUT2D eigenvalue weighted by atomic mass is 10.1. The number of anilines is 1. The summed E-state index contributed by atoms with van der Waals surface area (Å²) in [5, 5.41) is 5.22. The first-order chi connectivity index (χ1) is 17.5. The molecule has 4 heterocycles. The molecule has 2 fully saturated rings. The Morgan fingerprint density at radius 3 is 2.42 bits per heavy atom. The van der Waals surface area contributed by atoms with Crippen molar-refractivity contribution in [2.45, 2.75) is 6.42 Å². The maximum atomic E-state index is 13.0. The molecule has 2 amide bonds. The van der Waals surface area contributed by atoms with Gasteiger partial charge in [0, 0.05) is 59.4 Å². The first kappa shape index (κ1) is 24.0. The van der Waals surface area contributed by atoms with Crippen LogP contribution >= 0.6 is 0 Å². The van der Waals surface area contributed by atoms with Crippen molar-refractivity contribution >= 4 is 28.7 Å². The van der Waals surface area contributed by atoms with Gasteiger partial charge >= 0.3 is 0 Å². The summed E-state index contributed by atoms with van der Waals surface area (Å²) >= 11 is 0. The van der Waals surface area contributed by atoms with Crippen molar-refractivity contribution in [2.24, 2.45) is 7.05 Å². The Morgan fingerprint density at radius 2 is 1.67 bits per heavy atom. The highest BCUT2D eigenvalue weighted by molar-refractivity contribution is 5.87. The largest absolute Gasteiger partial charge is 0.497 e. The van der Waals surface area contributed by atoms with Crippen molar-refractivity contribution in [3.05, 3.63) is 42.4 Å². The minimum Gasteiger partial charge on any atom is -0.497 e. The van der Waals surface area contributed by atoms with Crippen molar-refractivity contribution in [2.75, 3.05) is 70.9 Å². The predicted molar refractivity (Wildman–Crippen MR) is 135 cm³/mol. The lowest BCUT2D eigenvalue weighted by Gasteiger charge is -2.38. The first-order valence-electron chi connectivity index (χ1n) is 12.3. The van der Waals surface area contributed by atoms with E-state index in [0.29, 0.717) is 52.2 Å². The van der Waals surface area contributed by atoms with Crippen LogP contribution in [0.2, 0.25) is 0 Å². The third kappa shape index (κ3) is 5.11. The third-order valence-corrected chi connectivity index (χ3v) is 7.01. The summed E-state index contributed by atoms with van der Waals surface area (Å²) in [6.07, 6.45) is 3.72. The molecule has 0 atom stereocenters. The van der Waals surface area contributed by atoms with Gasteiger partial charge in [-0.25, -0.2) is 9.97 Å². The normalized spacial score (nSPS) is 17.0. The molecular weight excluding hydrogens is 460 g/mol. The number of methoxy groups -OCH3 is 1. The highest BCUT2D eigenvalue weighted by atomic mass is 16.5. The Morgan fingerprint density at radius 1 is 0.944 bits per heavy atom. The van der Waals surface area contributed by atoms with Gasteiger partial charge in [0.25, 0.3) is 0 Å². The molecule has 0 bridgehead atoms. The molecule has 0 aliphatic carbocycles. The molecule has 0 N–H and O–H groups in total. The summed E-state index contributed by atoms with van der Waals surface area (Å²) in [7, 11) is 3.49. The van der Waals surface area contributed by atoms with Gasteiger partial charge in [-0.1, -0.05) is 12.1 Å². The average Bonchev–Trinajstić information content (AvgIpc) is 3.30. The molecule has 0 saturated carbocycles. The van der Waals surface area contributed by atoms with Crippen LogP contribution in [0.1, 0.15) is 5.56 Å². The fourth-order valence-corrected chi connectivity index (χ4v) is 4.88. The molecule has 0 radical (unpaired) electrons. The fraction of sp³-hybridized carbons (Fsp3) is 0.480. The van der Waals surface area contributed by atoms with E-state index in [1.54, 1.807) is 24.3 Å². The average molecular weight is 493 g/mol. The van der Waals surface area contributed by atoms with Gasteiger partial charge in [-0.3, -0.25) is 19.2 Å². The number of nitrogens with zero attached hydrogens (tertiary/aromatic N) is 8. The Bertz CT molecular complexity index is 1230. The van der Waals surface area contributed by atoms with Crippen molar-refractivity contribution in [3.8, 4) is 5.75 Å². The summed E-state index contributed by atoms with van der Waals surface area (Å²) in [6, 6.07) is 7.62. The Hall–Kier alpha value is -3.73. The number of carbonyl (C=O) groups is 2. The van der Waals surface area contributed by atoms with Gasteiger partial charge < -0.3 is 19.4 Å². The first-order valence-corrected chi connectivity index (χ1v) is 12.3. The van der Waals surface area contributed by atoms with Crippen LogP contribution in [-0.2, 0) is 23.1 Å². The molecule has 2 aliphatic rings. The number of hydrogen-bond acceptors (Lipinski definition) is 8. The maximum absolute atomic E-state index is 13.0. The van der Waals surface area contributed by atoms with E-state index in [1.165, 1.54) is 0 Å². The Labute approximate surface area is 210 Å². The summed E-state index contributed by atoms with van der Waals surface area (Å²) in [5.74, 6) is 1.87. The van der Waals surface area contributed by atoms with Gasteiger partial charge in [0.1, 0.15) is 17.9 Å². The highest BCUT2D eigenvalue weighted by Gasteiger charge is 2.27. The summed E-state index contributed by atoms with van der Waals surface area (Å²) in [5.41, 5.74) is 1.75. The van der Waals surface area contributed by atoms with Crippen LogP contribution in [0.5, 0.6) is 5.75 Å². The van der Waals surface area contributed by atoms with E-state index >= 15 is 0 Å². The zero-order chi connectivity index (χ0) is 25.1. The summed E-state index contributed by atoms with van der Waals surface area (Å²) in [6.45, 7) is 5.83. The van der Waals surface area contributed by atoms with E-state index in [-0.39, 0.29) is 11.8 Å². The lowest BCUT2D eigenvalue weighted by Crippen LogP contribution is -2.54. The Kier molecular flexibility index (Phi) is 6.99. The SMILES string of the molecule is COc1cccc(CC(=O)N2CCN(CC(=O)N3CCN(c4ncnc5c4cnn5C)CC3)CC2)c1. The molecule has 2 aliphatic heterocycles. The van der Waals surface area contributed by atoms with Gasteiger partial charge in [0.15, 0.2) is 5.65 Å². The van der Waals surface area contributed by atoms with Crippen LogP contribution in [0.3, 0.4) is 0 Å². The monoisotopic (exact) mass is 492 g/mol. The third-order valence-electron chi connectivity index (χ3n) is 7.01. The molecule has 3 aromatic rings. The number of aromatic nitrogens is 4. The van der Waals surface area contributed by atoms with Gasteiger partial charge in [0.2, 0.25) is 11.8 Å². The number of fused-ring (bicyclic) bond motifs is 1. The second kappa shape index (κ2) is 10.5. The molecule has 11 heteroatoms. The Balaban J connectivity index is 1.08. The van der Waals surface area contributed by atoms with E-state index < -0.39 is 0 Å². The van der Waals surface area contributed by atoms with Crippen molar-refractivity contribution in [1.82, 2.24) is 34.4 Å². The summed E-state index contributed by atoms with van der Waals surface area (Å²) < 4.78 is 6.99. The molecule has 190 valence electrons. The highest BCUT2D eigenvalue weighted by Crippen LogP contribution is 2.23. The number of benzene rings is 1. The van der Waals surface area contributed by atoms with Gasteiger partial charge in [-0.2, -0.15) is 5.10 Å². The zero-order valence-corrected chi connectivity index (χ0v) is 20.8. The van der Waals surface area contributed by atoms with Crippen molar-refractivity contribution in [1.29, 1.82) is 0 Å². The topological polar surface area (TPSA) is 99.9 Å². The number of rotatable bonds is 6. The quantitative estimate of drug-likeness (QED) is 0.488. The number of aryl methyl sites for hydroxylation is 1. The second-order valence-electron chi connectivity index (χ2n) is 9.26. The van der Waals surface area contributed by atoms with E-state index in [1.807, 2.05) is 41.1 Å². The standard InChI is InChI=1S/C25H32N8O3/c1-29-24-21(16-28-29)25(27-18-26-24)33-12-10-32(11-13-33)23(35)17-30-6-8-31(9-7-30)22(34)15-19-4-3-5-20(14-19)36-2/h3-5,14,16,18H,6-13,15,17H2,1-2H3. The molecule has 2 aromatic heterocycles. The molecule has 1 aromatic carbocycles. The van der Waals surface area contributed by atoms with E-state index in [4.69, 9.17) is 4.74 Å². The van der Waals surface area contributed by atoms with Gasteiger partial charge in [-0.15, -0.1) is 0 Å². The molecule has 0 spiro atoms. The molecule has 2 saturated heterocycles. The van der Waals surface area contributed by atoms with Crippen LogP contribution < -0.4 is 9.64 Å². The molecular formula is C25H32N8O3. The fourth-order valence-electron chi connectivity index (χ4n) is 4.88. The van der Waals surface area contributed by atoms with Crippen LogP contribution in [0.4, 0.5) is 5.82 Å². The van der Waals surface area contributed by atoms with Gasteiger partial charge in [0.05, 0.1) is 31.7 Å². The second-order valence-corrected chi connectivity index (χ2v) is 9.26. The predicted octanol–water partition coefficient (Wildman–Crippen LogP) is 0.407. The zero-order valence-electron chi connectivity index (χ0n) is 20.8. The van der Waals surface area contributed by atoms with E-state index in [2.05, 4.69) is 24.9 Å². The smallest absolute Gasteiger partial charge is 0.236 e. The number of amides is 2. The van der Waals surface area contributed by atoms with Crippen molar-refractivity contribution < 1.29 is 14.3 Å². The maximum Gasteiger partial charge on any atom is 0.236 e. The molecule has 36 heavy (non-hydrogen) atoms. The summed E-state index contributed by atoms with van der Waals surface area (Å²) in [4.78, 5) is 42.7.